The molecule has 4 amide bonds. The van der Waals surface area contributed by atoms with Gasteiger partial charge in [0.05, 0.1) is 6.04 Å². The first-order valence-corrected chi connectivity index (χ1v) is 14.9. The molecule has 0 aromatic heterocycles. The Morgan fingerprint density at radius 1 is 1.03 bits per heavy atom. The topological polar surface area (TPSA) is 125 Å². The lowest BCUT2D eigenvalue weighted by atomic mass is 9.82. The SMILES string of the molecule is CC(=O)[C@H](C[C@@H]1CCCNC1=O)NC(=O)[C@@H]1[C@@H]2[C@H](CN1C(=O)[C@@H](NC(=O)C(C)(C)C)C1CCCCC1)C2(C)C. The molecule has 0 aromatic rings. The van der Waals surface area contributed by atoms with Crippen LogP contribution in [0.4, 0.5) is 0 Å². The molecule has 4 fully saturated rings. The zero-order chi connectivity index (χ0) is 28.7. The highest BCUT2D eigenvalue weighted by Gasteiger charge is 2.69. The van der Waals surface area contributed by atoms with E-state index in [-0.39, 0.29) is 64.9 Å². The number of hydrogen-bond donors (Lipinski definition) is 3. The zero-order valence-corrected chi connectivity index (χ0v) is 24.6. The third-order valence-corrected chi connectivity index (χ3v) is 9.84. The van der Waals surface area contributed by atoms with Gasteiger partial charge >= 0.3 is 0 Å². The third-order valence-electron chi connectivity index (χ3n) is 9.84. The van der Waals surface area contributed by atoms with Gasteiger partial charge in [-0.15, -0.1) is 0 Å². The average molecular weight is 545 g/mol. The van der Waals surface area contributed by atoms with E-state index in [1.807, 2.05) is 20.8 Å². The number of piperidine rings is 2. The second-order valence-corrected chi connectivity index (χ2v) is 14.0. The Morgan fingerprint density at radius 2 is 1.69 bits per heavy atom. The summed E-state index contributed by atoms with van der Waals surface area (Å²) in [6.45, 7) is 12.3. The van der Waals surface area contributed by atoms with Crippen LogP contribution in [0, 0.1) is 34.5 Å². The maximum atomic E-state index is 14.2. The molecule has 9 heteroatoms. The van der Waals surface area contributed by atoms with Crippen LogP contribution < -0.4 is 16.0 Å². The van der Waals surface area contributed by atoms with Gasteiger partial charge in [-0.2, -0.15) is 0 Å². The molecule has 2 saturated heterocycles. The molecule has 2 saturated carbocycles. The number of hydrogen-bond acceptors (Lipinski definition) is 5. The number of nitrogens with one attached hydrogen (secondary N) is 3. The summed E-state index contributed by atoms with van der Waals surface area (Å²) in [7, 11) is 0. The Bertz CT molecular complexity index is 996. The fourth-order valence-electron chi connectivity index (χ4n) is 7.13. The zero-order valence-electron chi connectivity index (χ0n) is 24.6. The van der Waals surface area contributed by atoms with Crippen molar-refractivity contribution in [3.8, 4) is 0 Å². The monoisotopic (exact) mass is 544 g/mol. The van der Waals surface area contributed by atoms with E-state index in [9.17, 15) is 24.0 Å². The minimum Gasteiger partial charge on any atom is -0.356 e. The molecule has 0 unspecified atom stereocenters. The largest absolute Gasteiger partial charge is 0.356 e. The first kappa shape index (κ1) is 29.5. The van der Waals surface area contributed by atoms with Crippen molar-refractivity contribution in [2.45, 2.75) is 111 Å². The Morgan fingerprint density at radius 3 is 2.28 bits per heavy atom. The smallest absolute Gasteiger partial charge is 0.246 e. The number of carbonyl (C=O) groups is 5. The van der Waals surface area contributed by atoms with Crippen LogP contribution in [0.2, 0.25) is 0 Å². The Labute approximate surface area is 233 Å². The quantitative estimate of drug-likeness (QED) is 0.433. The maximum Gasteiger partial charge on any atom is 0.246 e. The van der Waals surface area contributed by atoms with E-state index in [2.05, 4.69) is 29.8 Å². The lowest BCUT2D eigenvalue weighted by Gasteiger charge is -2.38. The molecule has 0 radical (unpaired) electrons. The molecule has 0 spiro atoms. The number of ketones is 1. The van der Waals surface area contributed by atoms with Crippen LogP contribution >= 0.6 is 0 Å². The first-order valence-electron chi connectivity index (χ1n) is 14.9. The third kappa shape index (κ3) is 6.17. The normalized spacial score (nSPS) is 30.0. The number of rotatable bonds is 8. The summed E-state index contributed by atoms with van der Waals surface area (Å²) >= 11 is 0. The predicted octanol–water partition coefficient (Wildman–Crippen LogP) is 2.57. The summed E-state index contributed by atoms with van der Waals surface area (Å²) in [5, 5.41) is 8.86. The van der Waals surface area contributed by atoms with Crippen LogP contribution in [0.3, 0.4) is 0 Å². The van der Waals surface area contributed by atoms with E-state index < -0.39 is 23.5 Å². The Kier molecular flexibility index (Phi) is 8.48. The molecule has 39 heavy (non-hydrogen) atoms. The van der Waals surface area contributed by atoms with Crippen LogP contribution in [0.1, 0.15) is 92.9 Å². The van der Waals surface area contributed by atoms with Crippen LogP contribution in [-0.4, -0.2) is 65.5 Å². The highest BCUT2D eigenvalue weighted by Crippen LogP contribution is 2.65. The van der Waals surface area contributed by atoms with E-state index in [1.54, 1.807) is 4.90 Å². The minimum absolute atomic E-state index is 0.00244. The summed E-state index contributed by atoms with van der Waals surface area (Å²) in [6, 6.07) is -2.14. The lowest BCUT2D eigenvalue weighted by molar-refractivity contribution is -0.146. The van der Waals surface area contributed by atoms with Gasteiger partial charge in [-0.3, -0.25) is 24.0 Å². The van der Waals surface area contributed by atoms with Crippen molar-refractivity contribution in [3.05, 3.63) is 0 Å². The van der Waals surface area contributed by atoms with Crippen molar-refractivity contribution in [1.82, 2.24) is 20.9 Å². The number of fused-ring (bicyclic) bond motifs is 1. The molecule has 4 aliphatic rings. The van der Waals surface area contributed by atoms with Crippen LogP contribution in [0.15, 0.2) is 0 Å². The molecule has 9 nitrogen and oxygen atoms in total. The molecule has 218 valence electrons. The Hall–Kier alpha value is -2.45. The minimum atomic E-state index is -0.779. The van der Waals surface area contributed by atoms with Gasteiger partial charge in [0.2, 0.25) is 23.6 Å². The van der Waals surface area contributed by atoms with Gasteiger partial charge in [0.25, 0.3) is 0 Å². The molecule has 4 rings (SSSR count). The maximum absolute atomic E-state index is 14.2. The van der Waals surface area contributed by atoms with Crippen LogP contribution in [-0.2, 0) is 24.0 Å². The van der Waals surface area contributed by atoms with Crippen molar-refractivity contribution in [2.24, 2.45) is 34.5 Å². The average Bonchev–Trinajstić information content (AvgIpc) is 3.20. The molecule has 0 bridgehead atoms. The lowest BCUT2D eigenvalue weighted by Crippen LogP contribution is -2.60. The van der Waals surface area contributed by atoms with Gasteiger partial charge in [0, 0.05) is 24.4 Å². The molecule has 2 heterocycles. The molecule has 2 aliphatic heterocycles. The van der Waals surface area contributed by atoms with E-state index in [1.165, 1.54) is 6.92 Å². The highest BCUT2D eigenvalue weighted by molar-refractivity contribution is 5.96. The summed E-state index contributed by atoms with van der Waals surface area (Å²) < 4.78 is 0. The van der Waals surface area contributed by atoms with Crippen molar-refractivity contribution < 1.29 is 24.0 Å². The molecular weight excluding hydrogens is 496 g/mol. The fraction of sp³-hybridized carbons (Fsp3) is 0.833. The van der Waals surface area contributed by atoms with Gasteiger partial charge in [-0.1, -0.05) is 53.9 Å². The molecule has 6 atom stereocenters. The van der Waals surface area contributed by atoms with Gasteiger partial charge in [-0.05, 0) is 62.2 Å². The summed E-state index contributed by atoms with van der Waals surface area (Å²) in [6.07, 6.45) is 6.72. The first-order chi connectivity index (χ1) is 18.2. The summed E-state index contributed by atoms with van der Waals surface area (Å²) in [4.78, 5) is 67.7. The molecule has 2 aliphatic carbocycles. The van der Waals surface area contributed by atoms with E-state index >= 15 is 0 Å². The van der Waals surface area contributed by atoms with Crippen molar-refractivity contribution >= 4 is 29.4 Å². The van der Waals surface area contributed by atoms with Crippen molar-refractivity contribution in [3.63, 3.8) is 0 Å². The van der Waals surface area contributed by atoms with Gasteiger partial charge in [0.15, 0.2) is 5.78 Å². The number of nitrogens with zero attached hydrogens (tertiary/aromatic N) is 1. The van der Waals surface area contributed by atoms with Gasteiger partial charge < -0.3 is 20.9 Å². The standard InChI is InChI=1S/C30H48N4O5/c1-17(35)21(15-19-13-10-14-31-25(19)36)32-26(37)24-22-20(30(22,5)6)16-34(24)27(38)23(18-11-8-7-9-12-18)33-28(39)29(2,3)4/h18-24H,7-16H2,1-6H3,(H,31,36)(H,32,37)(H,33,39)/t19-,20-,21-,22-,23-,24-/m0/s1. The number of carbonyl (C=O) groups excluding carboxylic acids is 5. The van der Waals surface area contributed by atoms with E-state index in [4.69, 9.17) is 0 Å². The second kappa shape index (κ2) is 11.2. The summed E-state index contributed by atoms with van der Waals surface area (Å²) in [5.74, 6) is -1.03. The second-order valence-electron chi connectivity index (χ2n) is 14.0. The van der Waals surface area contributed by atoms with E-state index in [0.29, 0.717) is 19.5 Å². The van der Waals surface area contributed by atoms with E-state index in [0.717, 1.165) is 38.5 Å². The molecule has 0 aromatic carbocycles. The van der Waals surface area contributed by atoms with Crippen LogP contribution in [0.25, 0.3) is 0 Å². The van der Waals surface area contributed by atoms with Gasteiger partial charge in [0.1, 0.15) is 12.1 Å². The molecule has 3 N–H and O–H groups in total. The highest BCUT2D eigenvalue weighted by atomic mass is 16.2. The fourth-order valence-corrected chi connectivity index (χ4v) is 7.13. The van der Waals surface area contributed by atoms with Crippen molar-refractivity contribution in [2.75, 3.05) is 13.1 Å². The van der Waals surface area contributed by atoms with Gasteiger partial charge in [-0.25, -0.2) is 0 Å². The Balaban J connectivity index is 1.55. The number of likely N-dealkylation sites (tertiary alicyclic amines) is 1. The summed E-state index contributed by atoms with van der Waals surface area (Å²) in [5.41, 5.74) is -0.720. The molecular formula is C30H48N4O5. The van der Waals surface area contributed by atoms with Crippen LogP contribution in [0.5, 0.6) is 0 Å². The number of Topliss-reactive ketones (excluding diaryl/α,β-unsaturated/α-hetero) is 1. The predicted molar refractivity (Wildman–Crippen MR) is 147 cm³/mol. The van der Waals surface area contributed by atoms with Crippen molar-refractivity contribution in [1.29, 1.82) is 0 Å². The number of amides is 4.